The first kappa shape index (κ1) is 10.7. The molecule has 0 aliphatic heterocycles. The van der Waals surface area contributed by atoms with E-state index in [-0.39, 0.29) is 6.42 Å². The molecule has 0 spiro atoms. The van der Waals surface area contributed by atoms with E-state index < -0.39 is 5.97 Å². The maximum atomic E-state index is 10.4. The molecule has 1 N–H and O–H groups in total. The number of nitrogens with zero attached hydrogens (tertiary/aromatic N) is 1. The van der Waals surface area contributed by atoms with E-state index in [9.17, 15) is 4.79 Å². The first-order valence-corrected chi connectivity index (χ1v) is 5.15. The Labute approximate surface area is 92.9 Å². The second-order valence-corrected chi connectivity index (χ2v) is 3.93. The van der Waals surface area contributed by atoms with Crippen molar-refractivity contribution in [1.82, 2.24) is 4.98 Å². The molecule has 2 rings (SSSR count). The maximum Gasteiger partial charge on any atom is 0.303 e. The Morgan fingerprint density at radius 2 is 2.19 bits per heavy atom. The maximum absolute atomic E-state index is 10.4. The highest BCUT2D eigenvalue weighted by Gasteiger charge is 2.09. The second kappa shape index (κ2) is 3.96. The van der Waals surface area contributed by atoms with Crippen molar-refractivity contribution in [2.75, 3.05) is 0 Å². The highest BCUT2D eigenvalue weighted by atomic mass is 16.4. The number of oxazole rings is 1. The summed E-state index contributed by atoms with van der Waals surface area (Å²) in [6, 6.07) is 3.95. The van der Waals surface area contributed by atoms with E-state index in [0.29, 0.717) is 12.3 Å². The number of fused-ring (bicyclic) bond motifs is 1. The van der Waals surface area contributed by atoms with E-state index >= 15 is 0 Å². The summed E-state index contributed by atoms with van der Waals surface area (Å²) < 4.78 is 5.51. The summed E-state index contributed by atoms with van der Waals surface area (Å²) in [5.74, 6) is -0.346. The molecule has 1 heterocycles. The average molecular weight is 219 g/mol. The number of aliphatic carboxylic acids is 1. The van der Waals surface area contributed by atoms with Gasteiger partial charge in [-0.25, -0.2) is 4.98 Å². The van der Waals surface area contributed by atoms with Crippen LogP contribution in [0.1, 0.15) is 23.4 Å². The number of aromatic nitrogens is 1. The lowest BCUT2D eigenvalue weighted by Gasteiger charge is -1.94. The Bertz CT molecular complexity index is 542. The number of rotatable bonds is 3. The molecule has 0 fully saturated rings. The summed E-state index contributed by atoms with van der Waals surface area (Å²) >= 11 is 0. The van der Waals surface area contributed by atoms with E-state index in [0.717, 1.165) is 22.2 Å². The summed E-state index contributed by atoms with van der Waals surface area (Å²) in [7, 11) is 0. The van der Waals surface area contributed by atoms with E-state index in [1.165, 1.54) is 0 Å². The molecule has 0 saturated heterocycles. The van der Waals surface area contributed by atoms with Crippen LogP contribution in [0.2, 0.25) is 0 Å². The minimum absolute atomic E-state index is 0.0465. The molecule has 1 aromatic carbocycles. The molecule has 0 aliphatic carbocycles. The van der Waals surface area contributed by atoms with Gasteiger partial charge in [0, 0.05) is 6.42 Å². The van der Waals surface area contributed by atoms with Crippen LogP contribution in [0.5, 0.6) is 0 Å². The Morgan fingerprint density at radius 3 is 2.88 bits per heavy atom. The van der Waals surface area contributed by atoms with Crippen LogP contribution in [0.25, 0.3) is 11.1 Å². The highest BCUT2D eigenvalue weighted by molar-refractivity contribution is 5.77. The Morgan fingerprint density at radius 1 is 1.44 bits per heavy atom. The molecule has 2 aromatic rings. The van der Waals surface area contributed by atoms with Gasteiger partial charge in [0.25, 0.3) is 0 Å². The molecule has 16 heavy (non-hydrogen) atoms. The van der Waals surface area contributed by atoms with Gasteiger partial charge in [0.15, 0.2) is 11.5 Å². The summed E-state index contributed by atoms with van der Waals surface area (Å²) in [4.78, 5) is 14.7. The second-order valence-electron chi connectivity index (χ2n) is 3.93. The van der Waals surface area contributed by atoms with Gasteiger partial charge >= 0.3 is 5.97 Å². The molecule has 4 nitrogen and oxygen atoms in total. The van der Waals surface area contributed by atoms with Crippen molar-refractivity contribution in [1.29, 1.82) is 0 Å². The lowest BCUT2D eigenvalue weighted by atomic mass is 10.1. The summed E-state index contributed by atoms with van der Waals surface area (Å²) in [5.41, 5.74) is 3.73. The van der Waals surface area contributed by atoms with Gasteiger partial charge in [0.1, 0.15) is 5.52 Å². The van der Waals surface area contributed by atoms with Crippen LogP contribution in [0.3, 0.4) is 0 Å². The van der Waals surface area contributed by atoms with E-state index in [2.05, 4.69) is 4.98 Å². The zero-order valence-corrected chi connectivity index (χ0v) is 9.28. The third-order valence-electron chi connectivity index (χ3n) is 2.43. The molecule has 0 saturated carbocycles. The van der Waals surface area contributed by atoms with Gasteiger partial charge in [-0.15, -0.1) is 0 Å². The monoisotopic (exact) mass is 219 g/mol. The normalized spacial score (nSPS) is 10.9. The molecule has 0 aliphatic rings. The molecule has 0 bridgehead atoms. The van der Waals surface area contributed by atoms with Crippen molar-refractivity contribution in [3.63, 3.8) is 0 Å². The lowest BCUT2D eigenvalue weighted by Crippen LogP contribution is -1.97. The van der Waals surface area contributed by atoms with Crippen molar-refractivity contribution in [2.45, 2.75) is 26.7 Å². The molecule has 0 unspecified atom stereocenters. The van der Waals surface area contributed by atoms with Crippen LogP contribution >= 0.6 is 0 Å². The molecule has 1 aromatic heterocycles. The van der Waals surface area contributed by atoms with Crippen LogP contribution < -0.4 is 0 Å². The van der Waals surface area contributed by atoms with Gasteiger partial charge in [-0.05, 0) is 31.0 Å². The molecule has 0 radical (unpaired) electrons. The average Bonchev–Trinajstić information content (AvgIpc) is 2.57. The number of carboxylic acid groups (broad SMARTS) is 1. The number of carboxylic acids is 1. The summed E-state index contributed by atoms with van der Waals surface area (Å²) in [6.07, 6.45) is 0.382. The van der Waals surface area contributed by atoms with Crippen LogP contribution in [-0.2, 0) is 11.2 Å². The van der Waals surface area contributed by atoms with Gasteiger partial charge in [-0.3, -0.25) is 4.79 Å². The lowest BCUT2D eigenvalue weighted by molar-refractivity contribution is -0.137. The Kier molecular flexibility index (Phi) is 2.64. The van der Waals surface area contributed by atoms with Gasteiger partial charge in [-0.1, -0.05) is 6.07 Å². The quantitative estimate of drug-likeness (QED) is 0.861. The number of benzene rings is 1. The molecular weight excluding hydrogens is 206 g/mol. The first-order chi connectivity index (χ1) is 7.56. The number of hydrogen-bond acceptors (Lipinski definition) is 3. The van der Waals surface area contributed by atoms with E-state index in [1.807, 2.05) is 26.0 Å². The molecular formula is C12H13NO3. The fraction of sp³-hybridized carbons (Fsp3) is 0.333. The van der Waals surface area contributed by atoms with Crippen LogP contribution in [0.15, 0.2) is 16.5 Å². The summed E-state index contributed by atoms with van der Waals surface area (Å²) in [6.45, 7) is 3.96. The standard InChI is InChI=1S/C12H13NO3/c1-7-5-8(2)12-9(6-7)16-10(13-12)3-4-11(14)15/h5-6H,3-4H2,1-2H3,(H,14,15). The smallest absolute Gasteiger partial charge is 0.303 e. The van der Waals surface area contributed by atoms with Gasteiger partial charge < -0.3 is 9.52 Å². The fourth-order valence-corrected chi connectivity index (χ4v) is 1.74. The highest BCUT2D eigenvalue weighted by Crippen LogP contribution is 2.21. The topological polar surface area (TPSA) is 63.3 Å². The van der Waals surface area contributed by atoms with Crippen molar-refractivity contribution < 1.29 is 14.3 Å². The summed E-state index contributed by atoms with van der Waals surface area (Å²) in [5, 5.41) is 8.58. The zero-order valence-electron chi connectivity index (χ0n) is 9.28. The van der Waals surface area contributed by atoms with Crippen LogP contribution in [0.4, 0.5) is 0 Å². The zero-order chi connectivity index (χ0) is 11.7. The van der Waals surface area contributed by atoms with E-state index in [4.69, 9.17) is 9.52 Å². The fourth-order valence-electron chi connectivity index (χ4n) is 1.74. The molecule has 84 valence electrons. The van der Waals surface area contributed by atoms with Crippen molar-refractivity contribution in [3.8, 4) is 0 Å². The Balaban J connectivity index is 2.36. The largest absolute Gasteiger partial charge is 0.481 e. The van der Waals surface area contributed by atoms with Gasteiger partial charge in [-0.2, -0.15) is 0 Å². The number of aryl methyl sites for hydroxylation is 3. The first-order valence-electron chi connectivity index (χ1n) is 5.15. The minimum atomic E-state index is -0.838. The number of hydrogen-bond donors (Lipinski definition) is 1. The van der Waals surface area contributed by atoms with Gasteiger partial charge in [0.2, 0.25) is 0 Å². The number of carbonyl (C=O) groups is 1. The van der Waals surface area contributed by atoms with Crippen LogP contribution in [0, 0.1) is 13.8 Å². The van der Waals surface area contributed by atoms with Crippen molar-refractivity contribution in [2.24, 2.45) is 0 Å². The van der Waals surface area contributed by atoms with Crippen LogP contribution in [-0.4, -0.2) is 16.1 Å². The predicted octanol–water partition coefficient (Wildman–Crippen LogP) is 2.46. The predicted molar refractivity (Wildman–Crippen MR) is 59.4 cm³/mol. The minimum Gasteiger partial charge on any atom is -0.481 e. The molecule has 0 amide bonds. The third-order valence-corrected chi connectivity index (χ3v) is 2.43. The van der Waals surface area contributed by atoms with E-state index in [1.54, 1.807) is 0 Å². The van der Waals surface area contributed by atoms with Crippen molar-refractivity contribution >= 4 is 17.1 Å². The SMILES string of the molecule is Cc1cc(C)c2nc(CCC(=O)O)oc2c1. The Hall–Kier alpha value is -1.84. The van der Waals surface area contributed by atoms with Gasteiger partial charge in [0.05, 0.1) is 6.42 Å². The third kappa shape index (κ3) is 2.05. The molecule has 4 heteroatoms. The van der Waals surface area contributed by atoms with Crippen molar-refractivity contribution in [3.05, 3.63) is 29.2 Å². The molecule has 0 atom stereocenters.